The third kappa shape index (κ3) is 3.25. The molecule has 0 aliphatic heterocycles. The van der Waals surface area contributed by atoms with Gasteiger partial charge in [0.15, 0.2) is 0 Å². The molecule has 3 aromatic carbocycles. The Balaban J connectivity index is 2.18. The van der Waals surface area contributed by atoms with Gasteiger partial charge in [0.05, 0.1) is 10.6 Å². The second kappa shape index (κ2) is 6.76. The molecule has 0 aromatic heterocycles. The maximum atomic E-state index is 13.2. The van der Waals surface area contributed by atoms with Gasteiger partial charge in [-0.25, -0.2) is 17.6 Å². The van der Waals surface area contributed by atoms with Crippen LogP contribution in [0.4, 0.5) is 10.1 Å². The van der Waals surface area contributed by atoms with Crippen molar-refractivity contribution < 1.29 is 22.7 Å². The van der Waals surface area contributed by atoms with Crippen LogP contribution in [0.2, 0.25) is 0 Å². The normalized spacial score (nSPS) is 12.7. The van der Waals surface area contributed by atoms with Crippen molar-refractivity contribution >= 4 is 32.5 Å². The Hall–Kier alpha value is -2.93. The molecule has 0 saturated heterocycles. The van der Waals surface area contributed by atoms with E-state index in [2.05, 4.69) is 0 Å². The molecule has 26 heavy (non-hydrogen) atoms. The summed E-state index contributed by atoms with van der Waals surface area (Å²) in [5.41, 5.74) is 0.225. The second-order valence-corrected chi connectivity index (χ2v) is 7.62. The van der Waals surface area contributed by atoms with Crippen molar-refractivity contribution in [1.29, 1.82) is 0 Å². The molecule has 0 saturated carbocycles. The molecule has 3 rings (SSSR count). The lowest BCUT2D eigenvalue weighted by atomic mass is 10.1. The van der Waals surface area contributed by atoms with Crippen LogP contribution in [-0.4, -0.2) is 25.5 Å². The van der Waals surface area contributed by atoms with E-state index in [4.69, 9.17) is 0 Å². The van der Waals surface area contributed by atoms with Gasteiger partial charge in [-0.15, -0.1) is 0 Å². The van der Waals surface area contributed by atoms with Crippen molar-refractivity contribution in [3.05, 3.63) is 72.5 Å². The Morgan fingerprint density at radius 1 is 1.00 bits per heavy atom. The van der Waals surface area contributed by atoms with Crippen molar-refractivity contribution in [2.45, 2.75) is 17.9 Å². The molecule has 1 unspecified atom stereocenters. The molecule has 0 heterocycles. The fourth-order valence-corrected chi connectivity index (χ4v) is 4.31. The summed E-state index contributed by atoms with van der Waals surface area (Å²) < 4.78 is 40.1. The van der Waals surface area contributed by atoms with Gasteiger partial charge in [0, 0.05) is 0 Å². The number of hydrogen-bond acceptors (Lipinski definition) is 3. The van der Waals surface area contributed by atoms with E-state index in [1.807, 2.05) is 24.3 Å². The number of sulfonamides is 1. The molecule has 0 aliphatic carbocycles. The fraction of sp³-hybridized carbons (Fsp3) is 0.105. The molecular weight excluding hydrogens is 357 g/mol. The molecule has 0 amide bonds. The van der Waals surface area contributed by atoms with Crippen LogP contribution >= 0.6 is 0 Å². The van der Waals surface area contributed by atoms with Crippen LogP contribution in [-0.2, 0) is 14.8 Å². The Bertz CT molecular complexity index is 1060. The number of benzene rings is 3. The SMILES string of the molecule is CC(C(=O)O)N(c1ccc2ccccc2c1)S(=O)(=O)c1ccc(F)cc1. The first-order valence-corrected chi connectivity index (χ1v) is 9.26. The summed E-state index contributed by atoms with van der Waals surface area (Å²) in [6.07, 6.45) is 0. The third-order valence-corrected chi connectivity index (χ3v) is 5.98. The highest BCUT2D eigenvalue weighted by Crippen LogP contribution is 2.29. The molecule has 7 heteroatoms. The van der Waals surface area contributed by atoms with Crippen LogP contribution in [0.5, 0.6) is 0 Å². The number of carbonyl (C=O) groups is 1. The van der Waals surface area contributed by atoms with Gasteiger partial charge in [-0.2, -0.15) is 0 Å². The number of anilines is 1. The summed E-state index contributed by atoms with van der Waals surface area (Å²) in [5.74, 6) is -1.86. The predicted octanol–water partition coefficient (Wildman–Crippen LogP) is 3.65. The lowest BCUT2D eigenvalue weighted by molar-refractivity contribution is -0.137. The van der Waals surface area contributed by atoms with Crippen LogP contribution < -0.4 is 4.31 Å². The lowest BCUT2D eigenvalue weighted by Crippen LogP contribution is -2.43. The summed E-state index contributed by atoms with van der Waals surface area (Å²) in [5, 5.41) is 11.1. The highest BCUT2D eigenvalue weighted by atomic mass is 32.2. The average molecular weight is 373 g/mol. The summed E-state index contributed by atoms with van der Waals surface area (Å²) in [6, 6.07) is 15.2. The van der Waals surface area contributed by atoms with Crippen molar-refractivity contribution in [2.24, 2.45) is 0 Å². The van der Waals surface area contributed by atoms with Gasteiger partial charge in [-0.3, -0.25) is 4.31 Å². The quantitative estimate of drug-likeness (QED) is 0.741. The summed E-state index contributed by atoms with van der Waals surface area (Å²) in [4.78, 5) is 11.4. The zero-order valence-electron chi connectivity index (χ0n) is 13.8. The minimum atomic E-state index is -4.20. The van der Waals surface area contributed by atoms with E-state index in [1.165, 1.54) is 6.92 Å². The monoisotopic (exact) mass is 373 g/mol. The maximum Gasteiger partial charge on any atom is 0.327 e. The van der Waals surface area contributed by atoms with Gasteiger partial charge in [-0.1, -0.05) is 30.3 Å². The first-order chi connectivity index (χ1) is 12.3. The summed E-state index contributed by atoms with van der Waals surface area (Å²) in [7, 11) is -4.20. The third-order valence-electron chi connectivity index (χ3n) is 4.07. The van der Waals surface area contributed by atoms with Crippen molar-refractivity contribution in [2.75, 3.05) is 4.31 Å². The Morgan fingerprint density at radius 3 is 2.23 bits per heavy atom. The molecule has 0 bridgehead atoms. The average Bonchev–Trinajstić information content (AvgIpc) is 2.61. The van der Waals surface area contributed by atoms with E-state index in [0.717, 1.165) is 39.3 Å². The van der Waals surface area contributed by atoms with Crippen molar-refractivity contribution in [1.82, 2.24) is 0 Å². The zero-order valence-corrected chi connectivity index (χ0v) is 14.7. The number of rotatable bonds is 5. The topological polar surface area (TPSA) is 74.7 Å². The molecule has 134 valence electrons. The molecule has 1 atom stereocenters. The minimum absolute atomic E-state index is 0.180. The largest absolute Gasteiger partial charge is 0.480 e. The van der Waals surface area contributed by atoms with Crippen LogP contribution in [0.15, 0.2) is 71.6 Å². The van der Waals surface area contributed by atoms with E-state index in [1.54, 1.807) is 18.2 Å². The van der Waals surface area contributed by atoms with Crippen LogP contribution in [0.1, 0.15) is 6.92 Å². The number of halogens is 1. The molecule has 0 aliphatic rings. The first-order valence-electron chi connectivity index (χ1n) is 7.82. The van der Waals surface area contributed by atoms with Gasteiger partial charge in [0.2, 0.25) is 0 Å². The van der Waals surface area contributed by atoms with E-state index < -0.39 is 27.9 Å². The number of hydrogen-bond donors (Lipinski definition) is 1. The van der Waals surface area contributed by atoms with Gasteiger partial charge < -0.3 is 5.11 Å². The molecule has 1 N–H and O–H groups in total. The summed E-state index contributed by atoms with van der Waals surface area (Å²) >= 11 is 0. The van der Waals surface area contributed by atoms with Gasteiger partial charge >= 0.3 is 5.97 Å². The van der Waals surface area contributed by atoms with E-state index in [9.17, 15) is 22.7 Å². The minimum Gasteiger partial charge on any atom is -0.480 e. The number of carboxylic acids is 1. The van der Waals surface area contributed by atoms with Crippen LogP contribution in [0, 0.1) is 5.82 Å². The van der Waals surface area contributed by atoms with E-state index in [-0.39, 0.29) is 10.6 Å². The maximum absolute atomic E-state index is 13.2. The fourth-order valence-electron chi connectivity index (χ4n) is 2.70. The molecule has 0 fully saturated rings. The van der Waals surface area contributed by atoms with Crippen molar-refractivity contribution in [3.8, 4) is 0 Å². The number of aliphatic carboxylic acids is 1. The highest BCUT2D eigenvalue weighted by Gasteiger charge is 2.33. The van der Waals surface area contributed by atoms with Gasteiger partial charge in [-0.05, 0) is 54.1 Å². The molecule has 0 radical (unpaired) electrons. The molecule has 5 nitrogen and oxygen atoms in total. The predicted molar refractivity (Wildman–Crippen MR) is 97.1 cm³/mol. The zero-order chi connectivity index (χ0) is 18.9. The Labute approximate surface area is 150 Å². The van der Waals surface area contributed by atoms with Gasteiger partial charge in [0.25, 0.3) is 10.0 Å². The van der Waals surface area contributed by atoms with E-state index in [0.29, 0.717) is 0 Å². The Kier molecular flexibility index (Phi) is 4.65. The molecule has 0 spiro atoms. The van der Waals surface area contributed by atoms with Crippen molar-refractivity contribution in [3.63, 3.8) is 0 Å². The standard InChI is InChI=1S/C19H16FNO4S/c1-13(19(22)23)21(26(24,25)18-10-7-16(20)8-11-18)17-9-6-14-4-2-3-5-15(14)12-17/h2-13H,1H3,(H,22,23). The molecular formula is C19H16FNO4S. The number of fused-ring (bicyclic) bond motifs is 1. The smallest absolute Gasteiger partial charge is 0.327 e. The Morgan fingerprint density at radius 2 is 1.62 bits per heavy atom. The van der Waals surface area contributed by atoms with Crippen LogP contribution in [0.25, 0.3) is 10.8 Å². The van der Waals surface area contributed by atoms with E-state index >= 15 is 0 Å². The lowest BCUT2D eigenvalue weighted by Gasteiger charge is -2.28. The first kappa shape index (κ1) is 17.9. The number of nitrogens with zero attached hydrogens (tertiary/aromatic N) is 1. The molecule has 3 aromatic rings. The highest BCUT2D eigenvalue weighted by molar-refractivity contribution is 7.92. The van der Waals surface area contributed by atoms with Gasteiger partial charge in [0.1, 0.15) is 11.9 Å². The van der Waals surface area contributed by atoms with Crippen LogP contribution in [0.3, 0.4) is 0 Å². The number of carboxylic acid groups (broad SMARTS) is 1. The summed E-state index contributed by atoms with van der Waals surface area (Å²) in [6.45, 7) is 1.29. The second-order valence-electron chi connectivity index (χ2n) is 5.80.